The number of carbonyl (C=O) groups is 2. The molecule has 2 rings (SSSR count). The average molecular weight is 336 g/mol. The van der Waals surface area contributed by atoms with Gasteiger partial charge in [0.25, 0.3) is 0 Å². The number of ether oxygens (including phenoxy) is 3. The molecule has 1 N–H and O–H groups in total. The van der Waals surface area contributed by atoms with Crippen molar-refractivity contribution in [3.8, 4) is 11.5 Å². The van der Waals surface area contributed by atoms with Crippen LogP contribution in [-0.4, -0.2) is 51.3 Å². The van der Waals surface area contributed by atoms with Gasteiger partial charge in [0.2, 0.25) is 5.91 Å². The van der Waals surface area contributed by atoms with Crippen LogP contribution in [0, 0.1) is 5.92 Å². The van der Waals surface area contributed by atoms with E-state index in [9.17, 15) is 9.59 Å². The van der Waals surface area contributed by atoms with Crippen molar-refractivity contribution < 1.29 is 23.8 Å². The van der Waals surface area contributed by atoms with E-state index >= 15 is 0 Å². The van der Waals surface area contributed by atoms with Crippen molar-refractivity contribution >= 4 is 12.0 Å². The molecule has 0 aromatic heterocycles. The van der Waals surface area contributed by atoms with Crippen LogP contribution in [0.1, 0.15) is 18.4 Å². The third-order valence-electron chi connectivity index (χ3n) is 4.14. The lowest BCUT2D eigenvalue weighted by molar-refractivity contribution is -0.126. The monoisotopic (exact) mass is 336 g/mol. The fraction of sp³-hybridized carbons (Fsp3) is 0.529. The van der Waals surface area contributed by atoms with E-state index in [4.69, 9.17) is 14.2 Å². The predicted octanol–water partition coefficient (Wildman–Crippen LogP) is 1.80. The highest BCUT2D eigenvalue weighted by molar-refractivity contribution is 5.80. The zero-order valence-corrected chi connectivity index (χ0v) is 14.3. The number of nitrogens with zero attached hydrogens (tertiary/aromatic N) is 1. The summed E-state index contributed by atoms with van der Waals surface area (Å²) >= 11 is 0. The maximum absolute atomic E-state index is 12.4. The average Bonchev–Trinajstić information content (AvgIpc) is 2.65. The second-order valence-electron chi connectivity index (χ2n) is 5.66. The predicted molar refractivity (Wildman–Crippen MR) is 88.1 cm³/mol. The van der Waals surface area contributed by atoms with Crippen LogP contribution in [0.25, 0.3) is 0 Å². The van der Waals surface area contributed by atoms with E-state index in [1.807, 2.05) is 12.1 Å². The van der Waals surface area contributed by atoms with Crippen LogP contribution in [0.4, 0.5) is 4.79 Å². The molecule has 0 saturated carbocycles. The molecule has 1 unspecified atom stereocenters. The Hall–Kier alpha value is -2.44. The third-order valence-corrected chi connectivity index (χ3v) is 4.14. The van der Waals surface area contributed by atoms with Crippen molar-refractivity contribution in [1.82, 2.24) is 10.2 Å². The molecule has 0 bridgehead atoms. The zero-order valence-electron chi connectivity index (χ0n) is 14.3. The number of piperidine rings is 1. The molecule has 132 valence electrons. The molecule has 0 radical (unpaired) electrons. The number of hydrogen-bond donors (Lipinski definition) is 1. The van der Waals surface area contributed by atoms with Crippen LogP contribution in [0.3, 0.4) is 0 Å². The normalized spacial score (nSPS) is 17.1. The number of carbonyl (C=O) groups excluding carboxylic acids is 2. The van der Waals surface area contributed by atoms with E-state index in [0.717, 1.165) is 18.4 Å². The maximum Gasteiger partial charge on any atom is 0.409 e. The lowest BCUT2D eigenvalue weighted by atomic mass is 9.97. The molecule has 7 nitrogen and oxygen atoms in total. The van der Waals surface area contributed by atoms with E-state index in [-0.39, 0.29) is 17.9 Å². The summed E-state index contributed by atoms with van der Waals surface area (Å²) in [5.41, 5.74) is 0.918. The summed E-state index contributed by atoms with van der Waals surface area (Å²) in [6.45, 7) is 1.42. The number of rotatable bonds is 5. The summed E-state index contributed by atoms with van der Waals surface area (Å²) in [7, 11) is 4.50. The summed E-state index contributed by atoms with van der Waals surface area (Å²) in [6, 6.07) is 5.52. The molecule has 1 aliphatic heterocycles. The number of methoxy groups -OCH3 is 3. The molecule has 24 heavy (non-hydrogen) atoms. The highest BCUT2D eigenvalue weighted by atomic mass is 16.5. The largest absolute Gasteiger partial charge is 0.493 e. The standard InChI is InChI=1S/C17H24N2O5/c1-22-14-7-6-12(9-15(14)23-2)10-18-16(20)13-5-4-8-19(11-13)17(21)24-3/h6-7,9,13H,4-5,8,10-11H2,1-3H3,(H,18,20). The first kappa shape index (κ1) is 17.9. The van der Waals surface area contributed by atoms with Crippen molar-refractivity contribution in [2.75, 3.05) is 34.4 Å². The van der Waals surface area contributed by atoms with Crippen LogP contribution in [0.5, 0.6) is 11.5 Å². The summed E-state index contributed by atoms with van der Waals surface area (Å²) in [5, 5.41) is 2.92. The molecule has 0 spiro atoms. The summed E-state index contributed by atoms with van der Waals surface area (Å²) < 4.78 is 15.2. The van der Waals surface area contributed by atoms with Crippen molar-refractivity contribution in [2.24, 2.45) is 5.92 Å². The van der Waals surface area contributed by atoms with Crippen LogP contribution in [-0.2, 0) is 16.1 Å². The molecule has 1 heterocycles. The molecule has 1 aliphatic rings. The fourth-order valence-electron chi connectivity index (χ4n) is 2.81. The summed E-state index contributed by atoms with van der Waals surface area (Å²) in [4.78, 5) is 25.5. The quantitative estimate of drug-likeness (QED) is 0.887. The van der Waals surface area contributed by atoms with Gasteiger partial charge in [-0.2, -0.15) is 0 Å². The van der Waals surface area contributed by atoms with Crippen molar-refractivity contribution in [3.63, 3.8) is 0 Å². The lowest BCUT2D eigenvalue weighted by Crippen LogP contribution is -2.45. The number of amides is 2. The molecule has 2 amide bonds. The number of likely N-dealkylation sites (tertiary alicyclic amines) is 1. The van der Waals surface area contributed by atoms with E-state index in [1.54, 1.807) is 25.2 Å². The van der Waals surface area contributed by atoms with Crippen molar-refractivity contribution in [3.05, 3.63) is 23.8 Å². The Kier molecular flexibility index (Phi) is 6.28. The molecule has 1 atom stereocenters. The van der Waals surface area contributed by atoms with E-state index in [0.29, 0.717) is 31.1 Å². The van der Waals surface area contributed by atoms with Crippen molar-refractivity contribution in [1.29, 1.82) is 0 Å². The highest BCUT2D eigenvalue weighted by Gasteiger charge is 2.28. The van der Waals surface area contributed by atoms with Gasteiger partial charge in [-0.05, 0) is 30.5 Å². The minimum absolute atomic E-state index is 0.0570. The second kappa shape index (κ2) is 8.42. The van der Waals surface area contributed by atoms with Gasteiger partial charge in [0, 0.05) is 19.6 Å². The van der Waals surface area contributed by atoms with Gasteiger partial charge < -0.3 is 24.4 Å². The van der Waals surface area contributed by atoms with Crippen LogP contribution in [0.2, 0.25) is 0 Å². The third kappa shape index (κ3) is 4.31. The van der Waals surface area contributed by atoms with E-state index in [2.05, 4.69) is 5.32 Å². The lowest BCUT2D eigenvalue weighted by Gasteiger charge is -2.30. The van der Waals surface area contributed by atoms with Gasteiger partial charge in [-0.3, -0.25) is 4.79 Å². The topological polar surface area (TPSA) is 77.1 Å². The Balaban J connectivity index is 1.92. The first-order valence-electron chi connectivity index (χ1n) is 7.90. The number of hydrogen-bond acceptors (Lipinski definition) is 5. The Labute approximate surface area is 141 Å². The SMILES string of the molecule is COC(=O)N1CCCC(C(=O)NCc2ccc(OC)c(OC)c2)C1. The summed E-state index contributed by atoms with van der Waals surface area (Å²) in [5.74, 6) is 1.00. The van der Waals surface area contributed by atoms with E-state index < -0.39 is 0 Å². The van der Waals surface area contributed by atoms with Gasteiger partial charge in [-0.15, -0.1) is 0 Å². The highest BCUT2D eigenvalue weighted by Crippen LogP contribution is 2.27. The van der Waals surface area contributed by atoms with Gasteiger partial charge in [0.15, 0.2) is 11.5 Å². The Morgan fingerprint density at radius 3 is 2.62 bits per heavy atom. The smallest absolute Gasteiger partial charge is 0.409 e. The number of benzene rings is 1. The minimum atomic E-state index is -0.382. The Bertz CT molecular complexity index is 590. The Morgan fingerprint density at radius 2 is 1.96 bits per heavy atom. The van der Waals surface area contributed by atoms with Gasteiger partial charge in [0.1, 0.15) is 0 Å². The van der Waals surface area contributed by atoms with E-state index in [1.165, 1.54) is 7.11 Å². The molecule has 1 aromatic carbocycles. The summed E-state index contributed by atoms with van der Waals surface area (Å²) in [6.07, 6.45) is 1.18. The molecule has 1 fully saturated rings. The molecule has 0 aliphatic carbocycles. The zero-order chi connectivity index (χ0) is 17.5. The van der Waals surface area contributed by atoms with Gasteiger partial charge >= 0.3 is 6.09 Å². The molecule has 1 aromatic rings. The van der Waals surface area contributed by atoms with Crippen LogP contribution < -0.4 is 14.8 Å². The van der Waals surface area contributed by atoms with Crippen LogP contribution >= 0.6 is 0 Å². The van der Waals surface area contributed by atoms with Gasteiger partial charge in [-0.1, -0.05) is 6.07 Å². The minimum Gasteiger partial charge on any atom is -0.493 e. The van der Waals surface area contributed by atoms with Gasteiger partial charge in [-0.25, -0.2) is 4.79 Å². The van der Waals surface area contributed by atoms with Crippen LogP contribution in [0.15, 0.2) is 18.2 Å². The maximum atomic E-state index is 12.4. The van der Waals surface area contributed by atoms with Gasteiger partial charge in [0.05, 0.1) is 27.2 Å². The molecule has 1 saturated heterocycles. The number of nitrogens with one attached hydrogen (secondary N) is 1. The first-order valence-corrected chi connectivity index (χ1v) is 7.90. The molecular formula is C17H24N2O5. The van der Waals surface area contributed by atoms with Crippen molar-refractivity contribution in [2.45, 2.75) is 19.4 Å². The Morgan fingerprint density at radius 1 is 1.21 bits per heavy atom. The first-order chi connectivity index (χ1) is 11.6. The molecular weight excluding hydrogens is 312 g/mol. The molecule has 7 heteroatoms. The fourth-order valence-corrected chi connectivity index (χ4v) is 2.81. The second-order valence-corrected chi connectivity index (χ2v) is 5.66.